The number of anilines is 2. The Hall–Kier alpha value is -2.83. The molecule has 1 saturated heterocycles. The van der Waals surface area contributed by atoms with Gasteiger partial charge in [-0.3, -0.25) is 14.5 Å². The molecule has 4 nitrogen and oxygen atoms in total. The van der Waals surface area contributed by atoms with Crippen LogP contribution in [-0.4, -0.2) is 17.6 Å². The first kappa shape index (κ1) is 20.4. The number of rotatable bonds is 4. The molecular weight excluding hydrogens is 423 g/mol. The van der Waals surface area contributed by atoms with E-state index in [1.165, 1.54) is 22.7 Å². The first-order valence-corrected chi connectivity index (χ1v) is 10.7. The number of hydrogen-bond donors (Lipinski definition) is 1. The molecule has 0 radical (unpaired) electrons. The van der Waals surface area contributed by atoms with Crippen LogP contribution in [-0.2, 0) is 4.79 Å². The number of hydrogen-bond acceptors (Lipinski definition) is 3. The van der Waals surface area contributed by atoms with E-state index in [-0.39, 0.29) is 28.6 Å². The van der Waals surface area contributed by atoms with Gasteiger partial charge in [-0.1, -0.05) is 41.9 Å². The highest BCUT2D eigenvalue weighted by Crippen LogP contribution is 2.43. The van der Waals surface area contributed by atoms with E-state index in [1.54, 1.807) is 54.6 Å². The summed E-state index contributed by atoms with van der Waals surface area (Å²) >= 11 is 7.53. The molecule has 3 aromatic rings. The lowest BCUT2D eigenvalue weighted by Gasteiger charge is -2.25. The van der Waals surface area contributed by atoms with E-state index in [0.717, 1.165) is 11.1 Å². The first-order chi connectivity index (χ1) is 14.4. The SMILES string of the molecule is Cc1ccc(F)c(N2C(=O)CSC2c2cccc(NC(=O)c3ccccc3Cl)c2)c1. The fourth-order valence-corrected chi connectivity index (χ4v) is 4.73. The van der Waals surface area contributed by atoms with Crippen LogP contribution in [0.1, 0.15) is 26.9 Å². The highest BCUT2D eigenvalue weighted by atomic mass is 35.5. The van der Waals surface area contributed by atoms with Crippen LogP contribution in [0.25, 0.3) is 0 Å². The first-order valence-electron chi connectivity index (χ1n) is 9.29. The molecule has 30 heavy (non-hydrogen) atoms. The van der Waals surface area contributed by atoms with Gasteiger partial charge in [0.1, 0.15) is 11.2 Å². The number of carbonyl (C=O) groups excluding carboxylic acids is 2. The van der Waals surface area contributed by atoms with Gasteiger partial charge < -0.3 is 5.32 Å². The maximum absolute atomic E-state index is 14.5. The van der Waals surface area contributed by atoms with Crippen molar-refractivity contribution in [3.8, 4) is 0 Å². The van der Waals surface area contributed by atoms with Gasteiger partial charge in [0, 0.05) is 5.69 Å². The summed E-state index contributed by atoms with van der Waals surface area (Å²) in [5.74, 6) is -0.659. The maximum atomic E-state index is 14.5. The number of halogens is 2. The monoisotopic (exact) mass is 440 g/mol. The van der Waals surface area contributed by atoms with Crippen LogP contribution in [0.5, 0.6) is 0 Å². The normalized spacial score (nSPS) is 16.0. The quantitative estimate of drug-likeness (QED) is 0.556. The van der Waals surface area contributed by atoms with E-state index in [1.807, 2.05) is 13.0 Å². The molecule has 3 aromatic carbocycles. The fraction of sp³-hybridized carbons (Fsp3) is 0.130. The largest absolute Gasteiger partial charge is 0.322 e. The summed E-state index contributed by atoms with van der Waals surface area (Å²) < 4.78 is 14.5. The number of nitrogens with zero attached hydrogens (tertiary/aromatic N) is 1. The van der Waals surface area contributed by atoms with Gasteiger partial charge in [-0.15, -0.1) is 11.8 Å². The van der Waals surface area contributed by atoms with Gasteiger partial charge in [0.15, 0.2) is 0 Å². The zero-order valence-corrected chi connectivity index (χ0v) is 17.6. The fourth-order valence-electron chi connectivity index (χ4n) is 3.35. The number of carbonyl (C=O) groups is 2. The number of nitrogens with one attached hydrogen (secondary N) is 1. The van der Waals surface area contributed by atoms with Gasteiger partial charge >= 0.3 is 0 Å². The minimum Gasteiger partial charge on any atom is -0.322 e. The summed E-state index contributed by atoms with van der Waals surface area (Å²) in [7, 11) is 0. The Morgan fingerprint density at radius 1 is 1.13 bits per heavy atom. The molecule has 1 aliphatic rings. The average Bonchev–Trinajstić information content (AvgIpc) is 3.11. The van der Waals surface area contributed by atoms with Crippen LogP contribution in [0.2, 0.25) is 5.02 Å². The van der Waals surface area contributed by atoms with Gasteiger partial charge in [-0.25, -0.2) is 4.39 Å². The Bertz CT molecular complexity index is 1140. The second-order valence-corrected chi connectivity index (χ2v) is 8.42. The van der Waals surface area contributed by atoms with Crippen LogP contribution in [0.4, 0.5) is 15.8 Å². The van der Waals surface area contributed by atoms with Gasteiger partial charge in [0.2, 0.25) is 5.91 Å². The molecule has 2 amide bonds. The highest BCUT2D eigenvalue weighted by molar-refractivity contribution is 8.00. The molecule has 4 rings (SSSR count). The van der Waals surface area contributed by atoms with Crippen molar-refractivity contribution in [3.05, 3.63) is 94.3 Å². The van der Waals surface area contributed by atoms with Crippen LogP contribution < -0.4 is 10.2 Å². The van der Waals surface area contributed by atoms with Gasteiger partial charge in [-0.05, 0) is 54.4 Å². The Morgan fingerprint density at radius 3 is 2.73 bits per heavy atom. The summed E-state index contributed by atoms with van der Waals surface area (Å²) in [4.78, 5) is 26.6. The van der Waals surface area contributed by atoms with E-state index in [9.17, 15) is 14.0 Å². The lowest BCUT2D eigenvalue weighted by atomic mass is 10.1. The number of benzene rings is 3. The molecule has 7 heteroatoms. The number of amides is 2. The van der Waals surface area contributed by atoms with Gasteiger partial charge in [0.25, 0.3) is 5.91 Å². The molecule has 0 aliphatic carbocycles. The average molecular weight is 441 g/mol. The van der Waals surface area contributed by atoms with E-state index in [4.69, 9.17) is 11.6 Å². The third-order valence-corrected chi connectivity index (χ3v) is 6.32. The zero-order valence-electron chi connectivity index (χ0n) is 16.1. The third kappa shape index (κ3) is 4.06. The van der Waals surface area contributed by atoms with E-state index in [2.05, 4.69) is 5.32 Å². The molecule has 1 N–H and O–H groups in total. The summed E-state index contributed by atoms with van der Waals surface area (Å²) in [6.07, 6.45) is 0. The van der Waals surface area contributed by atoms with Gasteiger partial charge in [0.05, 0.1) is 22.0 Å². The second kappa shape index (κ2) is 8.50. The number of thioether (sulfide) groups is 1. The van der Waals surface area contributed by atoms with Gasteiger partial charge in [-0.2, -0.15) is 0 Å². The van der Waals surface area contributed by atoms with Crippen molar-refractivity contribution >= 4 is 46.6 Å². The summed E-state index contributed by atoms with van der Waals surface area (Å²) in [5, 5.41) is 2.82. The summed E-state index contributed by atoms with van der Waals surface area (Å²) in [6, 6.07) is 18.7. The van der Waals surface area contributed by atoms with Crippen LogP contribution in [0, 0.1) is 12.7 Å². The van der Waals surface area contributed by atoms with Crippen molar-refractivity contribution < 1.29 is 14.0 Å². The van der Waals surface area contributed by atoms with Crippen molar-refractivity contribution in [2.75, 3.05) is 16.0 Å². The lowest BCUT2D eigenvalue weighted by molar-refractivity contribution is -0.115. The highest BCUT2D eigenvalue weighted by Gasteiger charge is 2.35. The van der Waals surface area contributed by atoms with Crippen LogP contribution >= 0.6 is 23.4 Å². The van der Waals surface area contributed by atoms with Crippen molar-refractivity contribution in [1.29, 1.82) is 0 Å². The standard InChI is InChI=1S/C23H18ClFN2O2S/c1-14-9-10-19(25)20(11-14)27-21(28)13-30-23(27)15-5-4-6-16(12-15)26-22(29)17-7-2-3-8-18(17)24/h2-12,23H,13H2,1H3,(H,26,29). The molecule has 0 saturated carbocycles. The lowest BCUT2D eigenvalue weighted by Crippen LogP contribution is -2.28. The molecule has 1 unspecified atom stereocenters. The van der Waals surface area contributed by atoms with E-state index >= 15 is 0 Å². The van der Waals surface area contributed by atoms with Crippen molar-refractivity contribution in [2.45, 2.75) is 12.3 Å². The molecule has 1 atom stereocenters. The van der Waals surface area contributed by atoms with Crippen LogP contribution in [0.15, 0.2) is 66.7 Å². The van der Waals surface area contributed by atoms with E-state index < -0.39 is 5.82 Å². The Morgan fingerprint density at radius 2 is 1.93 bits per heavy atom. The second-order valence-electron chi connectivity index (χ2n) is 6.94. The van der Waals surface area contributed by atoms with Crippen LogP contribution in [0.3, 0.4) is 0 Å². The summed E-state index contributed by atoms with van der Waals surface area (Å²) in [5.41, 5.74) is 2.88. The minimum absolute atomic E-state index is 0.153. The smallest absolute Gasteiger partial charge is 0.257 e. The minimum atomic E-state index is -0.440. The summed E-state index contributed by atoms with van der Waals surface area (Å²) in [6.45, 7) is 1.86. The Labute approximate surface area is 183 Å². The zero-order chi connectivity index (χ0) is 21.3. The Kier molecular flexibility index (Phi) is 5.79. The third-order valence-electron chi connectivity index (χ3n) is 4.78. The topological polar surface area (TPSA) is 49.4 Å². The molecule has 152 valence electrons. The van der Waals surface area contributed by atoms with Crippen molar-refractivity contribution in [3.63, 3.8) is 0 Å². The molecule has 0 spiro atoms. The Balaban J connectivity index is 1.63. The predicted octanol–water partition coefficient (Wildman–Crippen LogP) is 5.82. The van der Waals surface area contributed by atoms with Crippen molar-refractivity contribution in [1.82, 2.24) is 0 Å². The molecular formula is C23H18ClFN2O2S. The molecule has 1 fully saturated rings. The van der Waals surface area contributed by atoms with Crippen molar-refractivity contribution in [2.24, 2.45) is 0 Å². The van der Waals surface area contributed by atoms with E-state index in [0.29, 0.717) is 16.3 Å². The molecule has 1 heterocycles. The maximum Gasteiger partial charge on any atom is 0.257 e. The molecule has 1 aliphatic heterocycles. The predicted molar refractivity (Wildman–Crippen MR) is 120 cm³/mol. The molecule has 0 aromatic heterocycles. The molecule has 0 bridgehead atoms. The number of aryl methyl sites for hydroxylation is 1.